The van der Waals surface area contributed by atoms with E-state index < -0.39 is 5.60 Å². The van der Waals surface area contributed by atoms with Gasteiger partial charge < -0.3 is 10.2 Å². The number of aliphatic hydroxyl groups excluding tert-OH is 1. The summed E-state index contributed by atoms with van der Waals surface area (Å²) in [5.41, 5.74) is -0.959. The first-order chi connectivity index (χ1) is 4.69. The standard InChI is InChI=1S/C7H11NO2/c1-8-5-2-3-7(10,4-9)6(5)8/h2-3,5-6,9-10H,4H2,1H3/t5-,6-,7+,8?/m1/s1. The molecule has 1 heterocycles. The van der Waals surface area contributed by atoms with Crippen molar-refractivity contribution in [3.05, 3.63) is 12.2 Å². The summed E-state index contributed by atoms with van der Waals surface area (Å²) < 4.78 is 0. The summed E-state index contributed by atoms with van der Waals surface area (Å²) >= 11 is 0. The van der Waals surface area contributed by atoms with Gasteiger partial charge in [-0.05, 0) is 7.05 Å². The van der Waals surface area contributed by atoms with Crippen LogP contribution in [0, 0.1) is 0 Å². The summed E-state index contributed by atoms with van der Waals surface area (Å²) in [6, 6.07) is 0.509. The van der Waals surface area contributed by atoms with Crippen molar-refractivity contribution in [2.45, 2.75) is 17.7 Å². The first-order valence-electron chi connectivity index (χ1n) is 3.43. The average molecular weight is 141 g/mol. The van der Waals surface area contributed by atoms with Crippen LogP contribution in [-0.4, -0.2) is 46.5 Å². The second kappa shape index (κ2) is 1.61. The van der Waals surface area contributed by atoms with E-state index in [0.717, 1.165) is 0 Å². The van der Waals surface area contributed by atoms with E-state index in [1.54, 1.807) is 6.08 Å². The van der Waals surface area contributed by atoms with E-state index in [-0.39, 0.29) is 12.6 Å². The van der Waals surface area contributed by atoms with Crippen molar-refractivity contribution in [3.8, 4) is 0 Å². The number of rotatable bonds is 1. The van der Waals surface area contributed by atoms with Gasteiger partial charge in [-0.15, -0.1) is 0 Å². The fourth-order valence-electron chi connectivity index (χ4n) is 1.76. The third-order valence-corrected chi connectivity index (χ3v) is 2.49. The molecule has 0 aromatic carbocycles. The number of nitrogens with zero attached hydrogens (tertiary/aromatic N) is 1. The predicted molar refractivity (Wildman–Crippen MR) is 36.5 cm³/mol. The fourth-order valence-corrected chi connectivity index (χ4v) is 1.76. The summed E-state index contributed by atoms with van der Waals surface area (Å²) in [5.74, 6) is 0. The predicted octanol–water partition coefficient (Wildman–Crippen LogP) is -1.04. The third kappa shape index (κ3) is 0.551. The van der Waals surface area contributed by atoms with E-state index in [4.69, 9.17) is 5.11 Å². The van der Waals surface area contributed by atoms with Gasteiger partial charge in [0.2, 0.25) is 0 Å². The smallest absolute Gasteiger partial charge is 0.123 e. The first kappa shape index (κ1) is 6.34. The van der Waals surface area contributed by atoms with Gasteiger partial charge in [0.15, 0.2) is 0 Å². The Labute approximate surface area is 59.6 Å². The zero-order valence-electron chi connectivity index (χ0n) is 5.86. The molecule has 0 radical (unpaired) electrons. The van der Waals surface area contributed by atoms with Crippen LogP contribution >= 0.6 is 0 Å². The second-order valence-corrected chi connectivity index (χ2v) is 3.11. The molecule has 10 heavy (non-hydrogen) atoms. The number of aliphatic hydroxyl groups is 2. The van der Waals surface area contributed by atoms with Crippen LogP contribution in [0.5, 0.6) is 0 Å². The Bertz CT molecular complexity index is 192. The first-order valence-corrected chi connectivity index (χ1v) is 3.43. The molecule has 3 nitrogen and oxygen atoms in total. The van der Waals surface area contributed by atoms with Gasteiger partial charge in [0.25, 0.3) is 0 Å². The molecule has 0 aromatic heterocycles. The molecule has 1 unspecified atom stereocenters. The molecular weight excluding hydrogens is 130 g/mol. The van der Waals surface area contributed by atoms with E-state index in [2.05, 4.69) is 0 Å². The van der Waals surface area contributed by atoms with E-state index >= 15 is 0 Å². The van der Waals surface area contributed by atoms with Crippen molar-refractivity contribution in [2.75, 3.05) is 13.7 Å². The summed E-state index contributed by atoms with van der Waals surface area (Å²) in [5, 5.41) is 18.4. The Morgan fingerprint density at radius 3 is 2.70 bits per heavy atom. The molecule has 3 heteroatoms. The molecule has 2 N–H and O–H groups in total. The monoisotopic (exact) mass is 141 g/mol. The van der Waals surface area contributed by atoms with Crippen molar-refractivity contribution in [2.24, 2.45) is 0 Å². The van der Waals surface area contributed by atoms with Crippen molar-refractivity contribution < 1.29 is 10.2 Å². The highest BCUT2D eigenvalue weighted by atomic mass is 16.3. The highest BCUT2D eigenvalue weighted by Gasteiger charge is 2.58. The molecule has 2 rings (SSSR count). The van der Waals surface area contributed by atoms with Crippen molar-refractivity contribution in [1.29, 1.82) is 0 Å². The number of likely N-dealkylation sites (N-methyl/N-ethyl adjacent to an activating group) is 1. The lowest BCUT2D eigenvalue weighted by Crippen LogP contribution is -2.37. The van der Waals surface area contributed by atoms with Crippen LogP contribution in [0.3, 0.4) is 0 Å². The number of hydrogen-bond donors (Lipinski definition) is 2. The normalized spacial score (nSPS) is 56.9. The minimum atomic E-state index is -0.959. The van der Waals surface area contributed by atoms with Crippen LogP contribution in [0.25, 0.3) is 0 Å². The number of fused-ring (bicyclic) bond motifs is 1. The summed E-state index contributed by atoms with van der Waals surface area (Å²) in [6.07, 6.45) is 3.64. The molecule has 1 aliphatic carbocycles. The van der Waals surface area contributed by atoms with E-state index in [0.29, 0.717) is 6.04 Å². The van der Waals surface area contributed by atoms with Gasteiger partial charge in [0, 0.05) is 6.04 Å². The Morgan fingerprint density at radius 2 is 2.40 bits per heavy atom. The minimum absolute atomic E-state index is 0.137. The Balaban J connectivity index is 2.21. The molecule has 0 spiro atoms. The molecule has 0 saturated carbocycles. The van der Waals surface area contributed by atoms with Crippen LogP contribution < -0.4 is 0 Å². The Hall–Kier alpha value is -0.380. The van der Waals surface area contributed by atoms with Crippen molar-refractivity contribution >= 4 is 0 Å². The average Bonchev–Trinajstić information content (AvgIpc) is 2.40. The Kier molecular flexibility index (Phi) is 1.02. The molecule has 0 bridgehead atoms. The molecule has 1 saturated heterocycles. The zero-order chi connectivity index (χ0) is 7.35. The van der Waals surface area contributed by atoms with Gasteiger partial charge in [0.05, 0.1) is 12.6 Å². The lowest BCUT2D eigenvalue weighted by atomic mass is 10.0. The number of hydrogen-bond acceptors (Lipinski definition) is 3. The van der Waals surface area contributed by atoms with E-state index in [9.17, 15) is 5.11 Å². The summed E-state index contributed by atoms with van der Waals surface area (Å²) in [7, 11) is 1.94. The van der Waals surface area contributed by atoms with Gasteiger partial charge in [0.1, 0.15) is 5.60 Å². The molecule has 4 atom stereocenters. The fraction of sp³-hybridized carbons (Fsp3) is 0.714. The van der Waals surface area contributed by atoms with Gasteiger partial charge in [-0.1, -0.05) is 12.2 Å². The summed E-state index contributed by atoms with van der Waals surface area (Å²) in [6.45, 7) is -0.172. The van der Waals surface area contributed by atoms with Crippen LogP contribution in [0.4, 0.5) is 0 Å². The van der Waals surface area contributed by atoms with Crippen LogP contribution in [0.2, 0.25) is 0 Å². The topological polar surface area (TPSA) is 43.5 Å². The van der Waals surface area contributed by atoms with Gasteiger partial charge >= 0.3 is 0 Å². The van der Waals surface area contributed by atoms with Gasteiger partial charge in [-0.25, -0.2) is 0 Å². The highest BCUT2D eigenvalue weighted by molar-refractivity contribution is 5.32. The van der Waals surface area contributed by atoms with Crippen molar-refractivity contribution in [3.63, 3.8) is 0 Å². The molecule has 0 aromatic rings. The molecular formula is C7H11NO2. The molecule has 56 valence electrons. The maximum absolute atomic E-state index is 9.60. The lowest BCUT2D eigenvalue weighted by Gasteiger charge is -2.19. The van der Waals surface area contributed by atoms with Gasteiger partial charge in [-0.3, -0.25) is 4.90 Å². The van der Waals surface area contributed by atoms with Crippen LogP contribution in [-0.2, 0) is 0 Å². The molecule has 1 aliphatic heterocycles. The zero-order valence-corrected chi connectivity index (χ0v) is 5.86. The molecule has 0 amide bonds. The van der Waals surface area contributed by atoms with Crippen LogP contribution in [0.15, 0.2) is 12.2 Å². The SMILES string of the molecule is CN1[C@@H]2C=C[C@](O)(CO)[C@@H]21. The minimum Gasteiger partial charge on any atom is -0.393 e. The van der Waals surface area contributed by atoms with Crippen LogP contribution in [0.1, 0.15) is 0 Å². The quantitative estimate of drug-likeness (QED) is 0.362. The van der Waals surface area contributed by atoms with E-state index in [1.165, 1.54) is 0 Å². The Morgan fingerprint density at radius 1 is 1.70 bits per heavy atom. The highest BCUT2D eigenvalue weighted by Crippen LogP contribution is 2.41. The maximum Gasteiger partial charge on any atom is 0.123 e. The largest absolute Gasteiger partial charge is 0.393 e. The van der Waals surface area contributed by atoms with E-state index in [1.807, 2.05) is 18.0 Å². The molecule has 1 fully saturated rings. The third-order valence-electron chi connectivity index (χ3n) is 2.49. The van der Waals surface area contributed by atoms with Crippen molar-refractivity contribution in [1.82, 2.24) is 4.90 Å². The second-order valence-electron chi connectivity index (χ2n) is 3.11. The molecule has 2 aliphatic rings. The summed E-state index contributed by atoms with van der Waals surface area (Å²) in [4.78, 5) is 2.04. The lowest BCUT2D eigenvalue weighted by molar-refractivity contribution is 0.0201. The van der Waals surface area contributed by atoms with Gasteiger partial charge in [-0.2, -0.15) is 0 Å². The maximum atomic E-state index is 9.60.